The second kappa shape index (κ2) is 8.35. The molecule has 1 aromatic rings. The monoisotopic (exact) mass is 305 g/mol. The first-order valence-electron chi connectivity index (χ1n) is 8.11. The molecule has 1 fully saturated rings. The number of thiocarbonyl (C=S) groups is 1. The predicted molar refractivity (Wildman–Crippen MR) is 95.4 cm³/mol. The molecule has 0 unspecified atom stereocenters. The molecule has 1 heterocycles. The van der Waals surface area contributed by atoms with Crippen molar-refractivity contribution in [3.05, 3.63) is 29.8 Å². The summed E-state index contributed by atoms with van der Waals surface area (Å²) in [5.74, 6) is 0. The van der Waals surface area contributed by atoms with E-state index in [9.17, 15) is 0 Å². The first-order chi connectivity index (χ1) is 10.3. The van der Waals surface area contributed by atoms with E-state index in [1.165, 1.54) is 24.1 Å². The van der Waals surface area contributed by atoms with E-state index >= 15 is 0 Å². The van der Waals surface area contributed by atoms with Crippen LogP contribution >= 0.6 is 12.2 Å². The molecule has 0 radical (unpaired) electrons. The molecule has 3 nitrogen and oxygen atoms in total. The highest BCUT2D eigenvalue weighted by Crippen LogP contribution is 2.18. The Morgan fingerprint density at radius 2 is 1.67 bits per heavy atom. The molecule has 0 bridgehead atoms. The van der Waals surface area contributed by atoms with E-state index in [1.54, 1.807) is 0 Å². The second-order valence-corrected chi connectivity index (χ2v) is 5.96. The number of nitrogens with one attached hydrogen (secondary N) is 1. The summed E-state index contributed by atoms with van der Waals surface area (Å²) in [4.78, 5) is 5.74. The molecule has 0 saturated carbocycles. The normalized spacial score (nSPS) is 15.0. The van der Waals surface area contributed by atoms with Crippen LogP contribution in [0.5, 0.6) is 0 Å². The van der Waals surface area contributed by atoms with Crippen LogP contribution in [0.2, 0.25) is 0 Å². The number of piperazine rings is 1. The Labute approximate surface area is 134 Å². The molecule has 0 aromatic heterocycles. The van der Waals surface area contributed by atoms with Crippen molar-refractivity contribution in [2.75, 3.05) is 44.2 Å². The van der Waals surface area contributed by atoms with Crippen LogP contribution in [-0.4, -0.2) is 49.2 Å². The number of benzene rings is 1. The van der Waals surface area contributed by atoms with Gasteiger partial charge in [-0.05, 0) is 37.1 Å². The van der Waals surface area contributed by atoms with Crippen LogP contribution in [0.1, 0.15) is 32.3 Å². The summed E-state index contributed by atoms with van der Waals surface area (Å²) in [5, 5.41) is 3.37. The van der Waals surface area contributed by atoms with Crippen LogP contribution in [0, 0.1) is 0 Å². The van der Waals surface area contributed by atoms with Crippen LogP contribution in [0.4, 0.5) is 5.69 Å². The van der Waals surface area contributed by atoms with Crippen LogP contribution in [-0.2, 0) is 0 Å². The SMILES string of the molecule is CCCN(CCC)c1ccc(C(=S)N2CCNCC2)cc1. The van der Waals surface area contributed by atoms with Crippen molar-refractivity contribution in [1.29, 1.82) is 0 Å². The lowest BCUT2D eigenvalue weighted by Crippen LogP contribution is -2.46. The molecule has 21 heavy (non-hydrogen) atoms. The number of rotatable bonds is 6. The average molecular weight is 305 g/mol. The van der Waals surface area contributed by atoms with Gasteiger partial charge >= 0.3 is 0 Å². The first-order valence-corrected chi connectivity index (χ1v) is 8.52. The summed E-state index contributed by atoms with van der Waals surface area (Å²) in [6.45, 7) is 10.8. The summed E-state index contributed by atoms with van der Waals surface area (Å²) >= 11 is 5.64. The summed E-state index contributed by atoms with van der Waals surface area (Å²) < 4.78 is 0. The maximum atomic E-state index is 5.64. The minimum atomic E-state index is 0.987. The summed E-state index contributed by atoms with van der Waals surface area (Å²) in [6, 6.07) is 8.79. The third-order valence-electron chi connectivity index (χ3n) is 3.87. The van der Waals surface area contributed by atoms with Crippen molar-refractivity contribution >= 4 is 22.9 Å². The number of hydrogen-bond acceptors (Lipinski definition) is 3. The molecule has 1 aliphatic rings. The van der Waals surface area contributed by atoms with E-state index in [4.69, 9.17) is 12.2 Å². The smallest absolute Gasteiger partial charge is 0.109 e. The van der Waals surface area contributed by atoms with Crippen molar-refractivity contribution in [3.63, 3.8) is 0 Å². The molecule has 1 aromatic carbocycles. The summed E-state index contributed by atoms with van der Waals surface area (Å²) in [5.41, 5.74) is 2.48. The van der Waals surface area contributed by atoms with Gasteiger partial charge in [-0.2, -0.15) is 0 Å². The lowest BCUT2D eigenvalue weighted by atomic mass is 10.1. The molecule has 0 aliphatic carbocycles. The van der Waals surface area contributed by atoms with Gasteiger partial charge in [0.05, 0.1) is 0 Å². The summed E-state index contributed by atoms with van der Waals surface area (Å²) in [7, 11) is 0. The Balaban J connectivity index is 2.04. The van der Waals surface area contributed by atoms with Crippen molar-refractivity contribution < 1.29 is 0 Å². The van der Waals surface area contributed by atoms with Gasteiger partial charge in [-0.1, -0.05) is 26.1 Å². The molecule has 0 atom stereocenters. The molecule has 4 heteroatoms. The van der Waals surface area contributed by atoms with E-state index in [0.717, 1.165) is 44.3 Å². The third kappa shape index (κ3) is 4.42. The van der Waals surface area contributed by atoms with Crippen molar-refractivity contribution in [2.24, 2.45) is 0 Å². The van der Waals surface area contributed by atoms with Gasteiger partial charge in [0, 0.05) is 50.5 Å². The Kier molecular flexibility index (Phi) is 6.46. The van der Waals surface area contributed by atoms with Gasteiger partial charge in [-0.25, -0.2) is 0 Å². The molecular formula is C17H27N3S. The fourth-order valence-electron chi connectivity index (χ4n) is 2.78. The zero-order valence-electron chi connectivity index (χ0n) is 13.3. The Hall–Kier alpha value is -1.13. The summed E-state index contributed by atoms with van der Waals surface area (Å²) in [6.07, 6.45) is 2.36. The average Bonchev–Trinajstić information content (AvgIpc) is 2.55. The second-order valence-electron chi connectivity index (χ2n) is 5.58. The van der Waals surface area contributed by atoms with E-state index < -0.39 is 0 Å². The molecule has 1 saturated heterocycles. The molecule has 1 N–H and O–H groups in total. The molecule has 1 aliphatic heterocycles. The maximum absolute atomic E-state index is 5.64. The van der Waals surface area contributed by atoms with Gasteiger partial charge in [0.2, 0.25) is 0 Å². The highest BCUT2D eigenvalue weighted by molar-refractivity contribution is 7.80. The van der Waals surface area contributed by atoms with Gasteiger partial charge in [0.1, 0.15) is 4.99 Å². The van der Waals surface area contributed by atoms with Gasteiger partial charge in [0.15, 0.2) is 0 Å². The number of anilines is 1. The first kappa shape index (κ1) is 16.2. The highest BCUT2D eigenvalue weighted by atomic mass is 32.1. The molecule has 0 amide bonds. The zero-order valence-corrected chi connectivity index (χ0v) is 14.1. The van der Waals surface area contributed by atoms with Crippen molar-refractivity contribution in [2.45, 2.75) is 26.7 Å². The molecule has 116 valence electrons. The minimum Gasteiger partial charge on any atom is -0.372 e. The maximum Gasteiger partial charge on any atom is 0.109 e. The van der Waals surface area contributed by atoms with Gasteiger partial charge < -0.3 is 15.1 Å². The zero-order chi connectivity index (χ0) is 15.1. The largest absolute Gasteiger partial charge is 0.372 e. The van der Waals surface area contributed by atoms with E-state index in [0.29, 0.717) is 0 Å². The highest BCUT2D eigenvalue weighted by Gasteiger charge is 2.14. The van der Waals surface area contributed by atoms with Gasteiger partial charge in [-0.3, -0.25) is 0 Å². The van der Waals surface area contributed by atoms with Crippen LogP contribution < -0.4 is 10.2 Å². The van der Waals surface area contributed by atoms with E-state index in [1.807, 2.05) is 0 Å². The standard InChI is InChI=1S/C17H27N3S/c1-3-11-19(12-4-2)16-7-5-15(6-8-16)17(21)20-13-9-18-10-14-20/h5-8,18H,3-4,9-14H2,1-2H3. The molecule has 2 rings (SSSR count). The predicted octanol–water partition coefficient (Wildman–Crippen LogP) is 2.89. The number of hydrogen-bond donors (Lipinski definition) is 1. The Morgan fingerprint density at radius 3 is 2.19 bits per heavy atom. The van der Waals surface area contributed by atoms with Gasteiger partial charge in [-0.15, -0.1) is 0 Å². The van der Waals surface area contributed by atoms with Gasteiger partial charge in [0.25, 0.3) is 0 Å². The molecule has 0 spiro atoms. The Morgan fingerprint density at radius 1 is 1.10 bits per heavy atom. The van der Waals surface area contributed by atoms with Crippen LogP contribution in [0.25, 0.3) is 0 Å². The third-order valence-corrected chi connectivity index (χ3v) is 4.36. The minimum absolute atomic E-state index is 0.987. The Bertz CT molecular complexity index is 432. The van der Waals surface area contributed by atoms with Crippen molar-refractivity contribution in [1.82, 2.24) is 10.2 Å². The fourth-order valence-corrected chi connectivity index (χ4v) is 3.09. The quantitative estimate of drug-likeness (QED) is 0.814. The van der Waals surface area contributed by atoms with Crippen LogP contribution in [0.3, 0.4) is 0 Å². The fraction of sp³-hybridized carbons (Fsp3) is 0.588. The number of nitrogens with zero attached hydrogens (tertiary/aromatic N) is 2. The lowest BCUT2D eigenvalue weighted by molar-refractivity contribution is 0.363. The topological polar surface area (TPSA) is 18.5 Å². The lowest BCUT2D eigenvalue weighted by Gasteiger charge is -2.30. The van der Waals surface area contributed by atoms with Crippen molar-refractivity contribution in [3.8, 4) is 0 Å². The molecular weight excluding hydrogens is 278 g/mol. The van der Waals surface area contributed by atoms with E-state index in [-0.39, 0.29) is 0 Å². The van der Waals surface area contributed by atoms with Crippen LogP contribution in [0.15, 0.2) is 24.3 Å². The van der Waals surface area contributed by atoms with E-state index in [2.05, 4.69) is 53.2 Å².